The number of hydrogen-bond donors (Lipinski definition) is 1. The maximum Gasteiger partial charge on any atom is 0.224 e. The van der Waals surface area contributed by atoms with Crippen LogP contribution in [0.15, 0.2) is 0 Å². The third kappa shape index (κ3) is 3.01. The van der Waals surface area contributed by atoms with Crippen molar-refractivity contribution in [3.05, 3.63) is 0 Å². The van der Waals surface area contributed by atoms with Crippen LogP contribution in [0.5, 0.6) is 0 Å². The van der Waals surface area contributed by atoms with E-state index in [1.165, 1.54) is 19.3 Å². The van der Waals surface area contributed by atoms with E-state index < -0.39 is 0 Å². The van der Waals surface area contributed by atoms with Crippen molar-refractivity contribution in [1.82, 2.24) is 10.2 Å². The first kappa shape index (κ1) is 12.9. The lowest BCUT2D eigenvalue weighted by molar-refractivity contribution is -0.132. The molecule has 17 heavy (non-hydrogen) atoms. The van der Waals surface area contributed by atoms with Gasteiger partial charge >= 0.3 is 0 Å². The van der Waals surface area contributed by atoms with Crippen LogP contribution in [0.4, 0.5) is 0 Å². The maximum atomic E-state index is 12.3. The lowest BCUT2D eigenvalue weighted by atomic mass is 9.90. The van der Waals surface area contributed by atoms with E-state index in [0.29, 0.717) is 36.2 Å². The predicted octanol–water partition coefficient (Wildman–Crippen LogP) is 2.02. The molecule has 2 aliphatic heterocycles. The van der Waals surface area contributed by atoms with Gasteiger partial charge in [0.1, 0.15) is 0 Å². The summed E-state index contributed by atoms with van der Waals surface area (Å²) >= 11 is 0. The first-order chi connectivity index (χ1) is 8.08. The molecule has 2 saturated heterocycles. The molecule has 3 heteroatoms. The van der Waals surface area contributed by atoms with Gasteiger partial charge in [0.2, 0.25) is 5.91 Å². The van der Waals surface area contributed by atoms with Gasteiger partial charge in [0.15, 0.2) is 0 Å². The topological polar surface area (TPSA) is 32.3 Å². The van der Waals surface area contributed by atoms with Crippen molar-refractivity contribution in [2.75, 3.05) is 13.1 Å². The molecular formula is C14H26N2O. The van der Waals surface area contributed by atoms with Crippen molar-refractivity contribution >= 4 is 5.91 Å². The lowest BCUT2D eigenvalue weighted by Crippen LogP contribution is -2.45. The van der Waals surface area contributed by atoms with Gasteiger partial charge in [-0.15, -0.1) is 0 Å². The molecule has 98 valence electrons. The monoisotopic (exact) mass is 238 g/mol. The summed E-state index contributed by atoms with van der Waals surface area (Å²) in [5.74, 6) is 1.67. The van der Waals surface area contributed by atoms with E-state index in [1.54, 1.807) is 0 Å². The SMILES string of the molecule is CC1CC(C)N(C(=O)CC2NCCCC2C)C1. The van der Waals surface area contributed by atoms with Gasteiger partial charge in [-0.3, -0.25) is 4.79 Å². The van der Waals surface area contributed by atoms with Crippen molar-refractivity contribution in [1.29, 1.82) is 0 Å². The van der Waals surface area contributed by atoms with Crippen LogP contribution in [0.25, 0.3) is 0 Å². The average molecular weight is 238 g/mol. The normalized spacial score (nSPS) is 38.4. The number of likely N-dealkylation sites (tertiary alicyclic amines) is 1. The van der Waals surface area contributed by atoms with Gasteiger partial charge in [0, 0.05) is 25.0 Å². The molecule has 2 aliphatic rings. The molecule has 0 spiro atoms. The molecule has 2 heterocycles. The second-order valence-electron chi connectivity index (χ2n) is 6.12. The number of hydrogen-bond acceptors (Lipinski definition) is 2. The molecule has 4 atom stereocenters. The van der Waals surface area contributed by atoms with Crippen LogP contribution in [-0.2, 0) is 4.79 Å². The first-order valence-corrected chi connectivity index (χ1v) is 7.10. The highest BCUT2D eigenvalue weighted by atomic mass is 16.2. The number of nitrogens with zero attached hydrogens (tertiary/aromatic N) is 1. The summed E-state index contributed by atoms with van der Waals surface area (Å²) in [5.41, 5.74) is 0. The van der Waals surface area contributed by atoms with Crippen LogP contribution < -0.4 is 5.32 Å². The van der Waals surface area contributed by atoms with Crippen LogP contribution in [0, 0.1) is 11.8 Å². The van der Waals surface area contributed by atoms with Gasteiger partial charge in [0.25, 0.3) is 0 Å². The van der Waals surface area contributed by atoms with E-state index in [9.17, 15) is 4.79 Å². The Bertz CT molecular complexity index is 279. The van der Waals surface area contributed by atoms with Crippen molar-refractivity contribution in [2.24, 2.45) is 11.8 Å². The molecule has 0 aromatic heterocycles. The first-order valence-electron chi connectivity index (χ1n) is 7.10. The van der Waals surface area contributed by atoms with Gasteiger partial charge in [-0.1, -0.05) is 13.8 Å². The molecule has 2 fully saturated rings. The van der Waals surface area contributed by atoms with Gasteiger partial charge in [0.05, 0.1) is 0 Å². The van der Waals surface area contributed by atoms with Crippen molar-refractivity contribution in [2.45, 2.75) is 58.5 Å². The number of piperidine rings is 1. The second kappa shape index (κ2) is 5.38. The highest BCUT2D eigenvalue weighted by molar-refractivity contribution is 5.77. The lowest BCUT2D eigenvalue weighted by Gasteiger charge is -2.32. The van der Waals surface area contributed by atoms with Crippen LogP contribution >= 0.6 is 0 Å². The quantitative estimate of drug-likeness (QED) is 0.798. The summed E-state index contributed by atoms with van der Waals surface area (Å²) in [7, 11) is 0. The summed E-state index contributed by atoms with van der Waals surface area (Å²) in [5, 5.41) is 3.50. The molecule has 0 saturated carbocycles. The smallest absolute Gasteiger partial charge is 0.224 e. The molecule has 4 unspecified atom stereocenters. The van der Waals surface area contributed by atoms with Gasteiger partial charge in [-0.2, -0.15) is 0 Å². The number of carbonyl (C=O) groups excluding carboxylic acids is 1. The van der Waals surface area contributed by atoms with Crippen molar-refractivity contribution in [3.63, 3.8) is 0 Å². The van der Waals surface area contributed by atoms with E-state index in [4.69, 9.17) is 0 Å². The van der Waals surface area contributed by atoms with E-state index in [0.717, 1.165) is 13.1 Å². The van der Waals surface area contributed by atoms with Crippen molar-refractivity contribution in [3.8, 4) is 0 Å². The van der Waals surface area contributed by atoms with Crippen LogP contribution in [0.2, 0.25) is 0 Å². The largest absolute Gasteiger partial charge is 0.340 e. The minimum absolute atomic E-state index is 0.355. The molecule has 1 N–H and O–H groups in total. The molecule has 0 radical (unpaired) electrons. The maximum absolute atomic E-state index is 12.3. The molecular weight excluding hydrogens is 212 g/mol. The number of nitrogens with one attached hydrogen (secondary N) is 1. The number of amides is 1. The Hall–Kier alpha value is -0.570. The fraction of sp³-hybridized carbons (Fsp3) is 0.929. The third-order valence-corrected chi connectivity index (χ3v) is 4.43. The van der Waals surface area contributed by atoms with E-state index in [1.807, 2.05) is 0 Å². The number of rotatable bonds is 2. The molecule has 0 aliphatic carbocycles. The second-order valence-corrected chi connectivity index (χ2v) is 6.12. The Balaban J connectivity index is 1.88. The summed E-state index contributed by atoms with van der Waals surface area (Å²) in [6, 6.07) is 0.843. The fourth-order valence-electron chi connectivity index (χ4n) is 3.34. The van der Waals surface area contributed by atoms with Gasteiger partial charge in [-0.25, -0.2) is 0 Å². The predicted molar refractivity (Wildman–Crippen MR) is 69.8 cm³/mol. The van der Waals surface area contributed by atoms with E-state index in [-0.39, 0.29) is 0 Å². The van der Waals surface area contributed by atoms with E-state index in [2.05, 4.69) is 31.0 Å². The Kier molecular flexibility index (Phi) is 4.08. The van der Waals surface area contributed by atoms with Gasteiger partial charge in [-0.05, 0) is 44.6 Å². The highest BCUT2D eigenvalue weighted by Gasteiger charge is 2.32. The summed E-state index contributed by atoms with van der Waals surface area (Å²) in [6.45, 7) is 8.72. The Morgan fingerprint density at radius 1 is 1.35 bits per heavy atom. The van der Waals surface area contributed by atoms with Crippen LogP contribution in [0.3, 0.4) is 0 Å². The summed E-state index contributed by atoms with van der Waals surface area (Å²) < 4.78 is 0. The minimum Gasteiger partial charge on any atom is -0.340 e. The fourth-order valence-corrected chi connectivity index (χ4v) is 3.34. The molecule has 3 nitrogen and oxygen atoms in total. The Labute approximate surface area is 105 Å². The average Bonchev–Trinajstić information content (AvgIpc) is 2.61. The Morgan fingerprint density at radius 2 is 2.12 bits per heavy atom. The van der Waals surface area contributed by atoms with Crippen LogP contribution in [-0.4, -0.2) is 36.0 Å². The summed E-state index contributed by atoms with van der Waals surface area (Å²) in [4.78, 5) is 14.4. The minimum atomic E-state index is 0.355. The standard InChI is InChI=1S/C14H26N2O/c1-10-7-12(3)16(9-10)14(17)8-13-11(2)5-4-6-15-13/h10-13,15H,4-9H2,1-3H3. The van der Waals surface area contributed by atoms with Gasteiger partial charge < -0.3 is 10.2 Å². The molecule has 2 rings (SSSR count). The zero-order valence-electron chi connectivity index (χ0n) is 11.4. The third-order valence-electron chi connectivity index (χ3n) is 4.43. The highest BCUT2D eigenvalue weighted by Crippen LogP contribution is 2.25. The van der Waals surface area contributed by atoms with Crippen molar-refractivity contribution < 1.29 is 4.79 Å². The summed E-state index contributed by atoms with van der Waals surface area (Å²) in [6.07, 6.45) is 4.37. The Morgan fingerprint density at radius 3 is 2.71 bits per heavy atom. The molecule has 0 bridgehead atoms. The van der Waals surface area contributed by atoms with E-state index >= 15 is 0 Å². The van der Waals surface area contributed by atoms with Crippen LogP contribution in [0.1, 0.15) is 46.5 Å². The zero-order chi connectivity index (χ0) is 12.4. The molecule has 0 aromatic carbocycles. The number of carbonyl (C=O) groups is 1. The zero-order valence-corrected chi connectivity index (χ0v) is 11.4. The molecule has 1 amide bonds. The molecule has 0 aromatic rings.